The fourth-order valence-corrected chi connectivity index (χ4v) is 12.9. The first kappa shape index (κ1) is 60.5. The number of anilines is 2. The first-order valence-electron chi connectivity index (χ1n) is 27.7. The number of likely N-dealkylation sites (tertiary alicyclic amines) is 1. The van der Waals surface area contributed by atoms with Gasteiger partial charge < -0.3 is 40.3 Å². The van der Waals surface area contributed by atoms with E-state index in [0.717, 1.165) is 43.0 Å². The molecule has 4 atom stereocenters. The Morgan fingerprint density at radius 1 is 0.952 bits per heavy atom. The van der Waals surface area contributed by atoms with Crippen LogP contribution in [0, 0.1) is 30.0 Å². The van der Waals surface area contributed by atoms with E-state index in [4.69, 9.17) is 4.74 Å². The lowest BCUT2D eigenvalue weighted by Gasteiger charge is -2.35. The van der Waals surface area contributed by atoms with Crippen LogP contribution < -0.4 is 25.6 Å². The van der Waals surface area contributed by atoms with Crippen molar-refractivity contribution in [3.63, 3.8) is 0 Å². The monoisotopic (exact) mass is 1200 g/mol. The lowest BCUT2D eigenvalue weighted by atomic mass is 9.85. The van der Waals surface area contributed by atoms with Gasteiger partial charge in [0.1, 0.15) is 12.1 Å². The van der Waals surface area contributed by atoms with Gasteiger partial charge in [-0.25, -0.2) is 24.1 Å². The minimum atomic E-state index is -1.16. The van der Waals surface area contributed by atoms with Crippen LogP contribution in [0.25, 0.3) is 20.7 Å². The van der Waals surface area contributed by atoms with Crippen molar-refractivity contribution in [1.29, 1.82) is 0 Å². The van der Waals surface area contributed by atoms with Gasteiger partial charge in [0, 0.05) is 61.9 Å². The van der Waals surface area contributed by atoms with E-state index in [1.807, 2.05) is 79.4 Å². The highest BCUT2D eigenvalue weighted by Gasteiger charge is 2.45. The molecule has 0 saturated carbocycles. The predicted molar refractivity (Wildman–Crippen MR) is 323 cm³/mol. The molecule has 0 radical (unpaired) electrons. The maximum absolute atomic E-state index is 15.3. The summed E-state index contributed by atoms with van der Waals surface area (Å²) in [6, 6.07) is 23.1. The number of nitrogens with zero attached hydrogens (tertiary/aromatic N) is 6. The zero-order valence-corrected chi connectivity index (χ0v) is 49.9. The second-order valence-electron chi connectivity index (χ2n) is 22.0. The SMILES string of the molecule is Cc1ncsc1-c1ccc([C@H](C)NC(=O)[C@@H]2C[C@@H](O)CN2C(=O)[C@@H](NC(=O)CCCC(=O)N(C)CC#Cc2ccc(OCCCc3sc(N4CCc5cccc(C(=O)Nc6nc7ccccc7s6)c5C4)nc3C(=O)O)c(F)c2)C(C)(C)C)cc1. The number of fused-ring (bicyclic) bond motifs is 2. The molecule has 18 nitrogen and oxygen atoms in total. The van der Waals surface area contributed by atoms with Gasteiger partial charge in [0.25, 0.3) is 5.91 Å². The van der Waals surface area contributed by atoms with Crippen molar-refractivity contribution < 1.29 is 48.1 Å². The molecule has 5 heterocycles. The summed E-state index contributed by atoms with van der Waals surface area (Å²) >= 11 is 4.23. The number of hydrogen-bond donors (Lipinski definition) is 5. The van der Waals surface area contributed by atoms with Crippen molar-refractivity contribution in [2.75, 3.05) is 43.5 Å². The van der Waals surface area contributed by atoms with Crippen LogP contribution in [0.5, 0.6) is 5.75 Å². The number of aromatic carboxylic acids is 1. The third-order valence-electron chi connectivity index (χ3n) is 14.8. The van der Waals surface area contributed by atoms with Crippen LogP contribution in [-0.4, -0.2) is 122 Å². The second-order valence-corrected chi connectivity index (χ2v) is 25.0. The van der Waals surface area contributed by atoms with E-state index in [1.54, 1.807) is 56.8 Å². The third kappa shape index (κ3) is 14.6. The van der Waals surface area contributed by atoms with E-state index in [-0.39, 0.29) is 74.7 Å². The van der Waals surface area contributed by atoms with Crippen molar-refractivity contribution in [2.24, 2.45) is 5.41 Å². The number of nitrogens with one attached hydrogen (secondary N) is 3. The van der Waals surface area contributed by atoms with Gasteiger partial charge in [-0.05, 0) is 104 Å². The number of carbonyl (C=O) groups excluding carboxylic acids is 5. The van der Waals surface area contributed by atoms with Gasteiger partial charge in [0.15, 0.2) is 27.5 Å². The Kier molecular flexibility index (Phi) is 19.2. The number of carboxylic acids is 1. The highest BCUT2D eigenvalue weighted by atomic mass is 32.1. The van der Waals surface area contributed by atoms with Crippen LogP contribution in [0.4, 0.5) is 14.7 Å². The quantitative estimate of drug-likeness (QED) is 0.0354. The van der Waals surface area contributed by atoms with Crippen molar-refractivity contribution in [1.82, 2.24) is 35.4 Å². The molecule has 3 aromatic heterocycles. The number of hydrogen-bond acceptors (Lipinski definition) is 15. The fourth-order valence-electron chi connectivity index (χ4n) is 10.2. The topological polar surface area (TPSA) is 237 Å². The molecule has 0 bridgehead atoms. The normalized spacial score (nSPS) is 15.6. The first-order chi connectivity index (χ1) is 40.2. The van der Waals surface area contributed by atoms with Crippen LogP contribution in [-0.2, 0) is 38.6 Å². The largest absolute Gasteiger partial charge is 0.491 e. The van der Waals surface area contributed by atoms with Gasteiger partial charge in [0.2, 0.25) is 23.6 Å². The van der Waals surface area contributed by atoms with E-state index in [9.17, 15) is 39.0 Å². The Morgan fingerprint density at radius 2 is 1.74 bits per heavy atom. The van der Waals surface area contributed by atoms with Gasteiger partial charge in [-0.1, -0.05) is 92.5 Å². The van der Waals surface area contributed by atoms with Gasteiger partial charge in [-0.2, -0.15) is 0 Å². The molecule has 0 spiro atoms. The number of halogens is 1. The number of carboxylic acid groups (broad SMARTS) is 1. The molecule has 0 aliphatic carbocycles. The number of aliphatic hydroxyl groups is 1. The maximum Gasteiger partial charge on any atom is 0.355 e. The lowest BCUT2D eigenvalue weighted by molar-refractivity contribution is -0.144. The first-order valence-corrected chi connectivity index (χ1v) is 30.2. The number of aliphatic hydroxyl groups excluding tert-OH is 1. The molecule has 22 heteroatoms. The minimum absolute atomic E-state index is 0.00156. The summed E-state index contributed by atoms with van der Waals surface area (Å²) in [6.45, 7) is 10.2. The molecule has 2 aliphatic heterocycles. The van der Waals surface area contributed by atoms with Crippen LogP contribution in [0.2, 0.25) is 0 Å². The lowest BCUT2D eigenvalue weighted by Crippen LogP contribution is -2.57. The Hall–Kier alpha value is -8.10. The number of para-hydroxylation sites is 1. The van der Waals surface area contributed by atoms with Crippen molar-refractivity contribution in [3.05, 3.63) is 140 Å². The number of aryl methyl sites for hydroxylation is 2. The van der Waals surface area contributed by atoms with Crippen molar-refractivity contribution >= 4 is 90.0 Å². The average Bonchev–Trinajstić information content (AvgIpc) is 4.11. The number of rotatable bonds is 20. The van der Waals surface area contributed by atoms with Gasteiger partial charge in [-0.15, -0.1) is 22.7 Å². The number of benzene rings is 4. The fraction of sp³-hybridized carbons (Fsp3) is 0.371. The predicted octanol–water partition coefficient (Wildman–Crippen LogP) is 9.20. The highest BCUT2D eigenvalue weighted by molar-refractivity contribution is 7.22. The molecule has 5 N–H and O–H groups in total. The van der Waals surface area contributed by atoms with Crippen molar-refractivity contribution in [3.8, 4) is 28.0 Å². The summed E-state index contributed by atoms with van der Waals surface area (Å²) < 4.78 is 22.0. The molecule has 4 aromatic carbocycles. The Morgan fingerprint density at radius 3 is 2.46 bits per heavy atom. The van der Waals surface area contributed by atoms with E-state index in [2.05, 4.69) is 42.7 Å². The Labute approximate surface area is 498 Å². The van der Waals surface area contributed by atoms with E-state index in [0.29, 0.717) is 58.6 Å². The van der Waals surface area contributed by atoms with E-state index >= 15 is 4.39 Å². The summed E-state index contributed by atoms with van der Waals surface area (Å²) in [4.78, 5) is 100.0. The van der Waals surface area contributed by atoms with Gasteiger partial charge in [-0.3, -0.25) is 29.3 Å². The molecule has 9 rings (SSSR count). The smallest absolute Gasteiger partial charge is 0.355 e. The molecule has 5 amide bonds. The highest BCUT2D eigenvalue weighted by Crippen LogP contribution is 2.35. The number of aromatic nitrogens is 3. The summed E-state index contributed by atoms with van der Waals surface area (Å²) in [5, 5.41) is 30.6. The zero-order chi connectivity index (χ0) is 59.8. The number of thiazole rings is 3. The molecule has 2 aliphatic rings. The standard InChI is InChI=1S/C62H66FN9O9S3/c1-36(39-22-24-41(25-23-39)54-37(2)64-35-82-54)65-57(77)47-32-42(73)33-72(47)58(78)55(62(3,4)5)67-51(74)19-10-20-52(75)70(6)28-11-13-38-21-26-48(45(63)31-38)81-30-12-18-50-53(59(79)80)68-61(84-50)71-29-27-40-14-9-15-43(44(40)34-71)56(76)69-60-66-46-16-7-8-17-49(46)83-60/h7-9,14-17,21-26,31,35-36,42,47,55,73H,10,12,18-20,27-30,32-34H2,1-6H3,(H,65,77)(H,67,74)(H,79,80)(H,66,69,76)/t36-,42+,47-,55+/m0/s1. The van der Waals surface area contributed by atoms with E-state index < -0.39 is 53.1 Å². The van der Waals surface area contributed by atoms with Crippen LogP contribution in [0.3, 0.4) is 0 Å². The van der Waals surface area contributed by atoms with Crippen LogP contribution in [0.15, 0.2) is 90.4 Å². The molecular formula is C62H66FN9O9S3. The summed E-state index contributed by atoms with van der Waals surface area (Å²) in [5.74, 6) is 2.08. The molecule has 7 aromatic rings. The molecule has 0 unspecified atom stereocenters. The summed E-state index contributed by atoms with van der Waals surface area (Å²) in [7, 11) is 1.57. The Balaban J connectivity index is 0.705. The molecule has 84 heavy (non-hydrogen) atoms. The number of carbonyl (C=O) groups is 6. The van der Waals surface area contributed by atoms with Crippen molar-refractivity contribution in [2.45, 2.75) is 110 Å². The number of β-amino-alcohol motifs (C(OH)–C–C–N with tert-alkyl or cyclic N) is 1. The molecule has 438 valence electrons. The zero-order valence-electron chi connectivity index (χ0n) is 47.5. The van der Waals surface area contributed by atoms with E-state index in [1.165, 1.54) is 44.6 Å². The summed E-state index contributed by atoms with van der Waals surface area (Å²) in [5.41, 5.74) is 7.37. The summed E-state index contributed by atoms with van der Waals surface area (Å²) in [6.07, 6.45) is 0.627. The van der Waals surface area contributed by atoms with Crippen LogP contribution >= 0.6 is 34.0 Å². The number of ether oxygens (including phenoxy) is 1. The maximum atomic E-state index is 15.3. The second kappa shape index (κ2) is 26.6. The minimum Gasteiger partial charge on any atom is -0.491 e. The van der Waals surface area contributed by atoms with Crippen LogP contribution in [0.1, 0.15) is 120 Å². The molecule has 1 fully saturated rings. The molecule has 1 saturated heterocycles. The average molecular weight is 1200 g/mol. The van der Waals surface area contributed by atoms with Gasteiger partial charge >= 0.3 is 5.97 Å². The molecular weight excluding hydrogens is 1130 g/mol. The number of amides is 5. The van der Waals surface area contributed by atoms with Gasteiger partial charge in [0.05, 0.1) is 51.6 Å². The Bertz CT molecular complexity index is 3630. The third-order valence-corrected chi connectivity index (χ3v) is 17.9.